The zero-order valence-electron chi connectivity index (χ0n) is 14.6. The maximum atomic E-state index is 12.2. The quantitative estimate of drug-likeness (QED) is 0.797. The molecular formula is C19H23N3O4. The first kappa shape index (κ1) is 16.9. The highest BCUT2D eigenvalue weighted by atomic mass is 16.5. The van der Waals surface area contributed by atoms with Crippen LogP contribution in [0.5, 0.6) is 5.75 Å². The lowest BCUT2D eigenvalue weighted by atomic mass is 9.86. The number of nitrogens with one attached hydrogen (secondary N) is 2. The number of amides is 3. The second-order valence-electron chi connectivity index (χ2n) is 7.47. The summed E-state index contributed by atoms with van der Waals surface area (Å²) in [5, 5.41) is 0. The average molecular weight is 357 g/mol. The lowest BCUT2D eigenvalue weighted by molar-refractivity contribution is -0.129. The van der Waals surface area contributed by atoms with Crippen LogP contribution >= 0.6 is 0 Å². The summed E-state index contributed by atoms with van der Waals surface area (Å²) in [7, 11) is 0. The Bertz CT molecular complexity index is 735. The minimum Gasteiger partial charge on any atom is -0.482 e. The van der Waals surface area contributed by atoms with Gasteiger partial charge in [0.2, 0.25) is 5.91 Å². The van der Waals surface area contributed by atoms with Crippen molar-refractivity contribution in [1.29, 1.82) is 0 Å². The predicted octanol–water partition coefficient (Wildman–Crippen LogP) is 1.39. The molecule has 3 aliphatic rings. The van der Waals surface area contributed by atoms with Crippen LogP contribution in [0, 0.1) is 17.8 Å². The van der Waals surface area contributed by atoms with E-state index < -0.39 is 5.91 Å². The predicted molar refractivity (Wildman–Crippen MR) is 94.1 cm³/mol. The molecule has 4 rings (SSSR count). The Morgan fingerprint density at radius 2 is 1.92 bits per heavy atom. The Labute approximate surface area is 152 Å². The van der Waals surface area contributed by atoms with Crippen molar-refractivity contribution in [1.82, 2.24) is 10.9 Å². The number of rotatable bonds is 4. The van der Waals surface area contributed by atoms with Crippen molar-refractivity contribution in [2.75, 3.05) is 18.1 Å². The largest absolute Gasteiger partial charge is 0.482 e. The first-order valence-electron chi connectivity index (χ1n) is 9.20. The standard InChI is InChI=1S/C19H23N3O4/c23-17(9-14-8-12-5-6-13(14)7-12)20-21-18(24)10-22-15-3-1-2-4-16(15)26-11-19(22)25/h1-4,12-14H,5-11H2,(H,20,23)(H,21,24)/t12-,13+,14+/m0/s1. The minimum atomic E-state index is -0.434. The molecule has 2 aliphatic carbocycles. The van der Waals surface area contributed by atoms with E-state index in [2.05, 4.69) is 10.9 Å². The van der Waals surface area contributed by atoms with Crippen LogP contribution in [-0.2, 0) is 14.4 Å². The van der Waals surface area contributed by atoms with Gasteiger partial charge in [-0.15, -0.1) is 0 Å². The van der Waals surface area contributed by atoms with Crippen LogP contribution < -0.4 is 20.5 Å². The van der Waals surface area contributed by atoms with Gasteiger partial charge in [-0.25, -0.2) is 0 Å². The average Bonchev–Trinajstić information content (AvgIpc) is 3.25. The van der Waals surface area contributed by atoms with Crippen LogP contribution in [0.2, 0.25) is 0 Å². The number of hydrogen-bond acceptors (Lipinski definition) is 4. The van der Waals surface area contributed by atoms with Gasteiger partial charge in [0.1, 0.15) is 12.3 Å². The van der Waals surface area contributed by atoms with E-state index in [0.717, 1.165) is 12.3 Å². The van der Waals surface area contributed by atoms with Gasteiger partial charge < -0.3 is 4.74 Å². The molecule has 2 N–H and O–H groups in total. The molecule has 138 valence electrons. The molecule has 1 aromatic carbocycles. The van der Waals surface area contributed by atoms with Crippen molar-refractivity contribution in [2.45, 2.75) is 32.1 Å². The van der Waals surface area contributed by atoms with E-state index in [1.54, 1.807) is 18.2 Å². The molecule has 2 saturated carbocycles. The molecule has 7 heteroatoms. The first-order chi connectivity index (χ1) is 12.6. The fraction of sp³-hybridized carbons (Fsp3) is 0.526. The summed E-state index contributed by atoms with van der Waals surface area (Å²) in [4.78, 5) is 37.7. The molecule has 0 unspecified atom stereocenters. The molecule has 1 aliphatic heterocycles. The molecular weight excluding hydrogens is 334 g/mol. The van der Waals surface area contributed by atoms with Gasteiger partial charge in [-0.1, -0.05) is 18.6 Å². The zero-order chi connectivity index (χ0) is 18.1. The molecule has 26 heavy (non-hydrogen) atoms. The molecule has 1 heterocycles. The Morgan fingerprint density at radius 3 is 2.69 bits per heavy atom. The van der Waals surface area contributed by atoms with Crippen molar-refractivity contribution in [3.8, 4) is 5.75 Å². The Kier molecular flexibility index (Phi) is 4.53. The number of benzene rings is 1. The molecule has 3 atom stereocenters. The van der Waals surface area contributed by atoms with Crippen LogP contribution in [0.3, 0.4) is 0 Å². The summed E-state index contributed by atoms with van der Waals surface area (Å²) in [6, 6.07) is 7.07. The first-order valence-corrected chi connectivity index (χ1v) is 9.20. The summed E-state index contributed by atoms with van der Waals surface area (Å²) in [5.74, 6) is 1.59. The van der Waals surface area contributed by atoms with Crippen LogP contribution in [0.15, 0.2) is 24.3 Å². The lowest BCUT2D eigenvalue weighted by Gasteiger charge is -2.28. The topological polar surface area (TPSA) is 87.7 Å². The van der Waals surface area contributed by atoms with Gasteiger partial charge in [0.25, 0.3) is 11.8 Å². The third-order valence-electron chi connectivity index (χ3n) is 5.78. The van der Waals surface area contributed by atoms with E-state index in [9.17, 15) is 14.4 Å². The monoisotopic (exact) mass is 357 g/mol. The molecule has 2 bridgehead atoms. The number of fused-ring (bicyclic) bond motifs is 3. The number of hydrazine groups is 1. The Balaban J connectivity index is 1.27. The van der Waals surface area contributed by atoms with E-state index in [1.165, 1.54) is 24.2 Å². The molecule has 0 spiro atoms. The Hall–Kier alpha value is -2.57. The van der Waals surface area contributed by atoms with Crippen LogP contribution in [0.25, 0.3) is 0 Å². The van der Waals surface area contributed by atoms with E-state index in [1.807, 2.05) is 6.07 Å². The summed E-state index contributed by atoms with van der Waals surface area (Å²) in [5.41, 5.74) is 5.48. The smallest absolute Gasteiger partial charge is 0.265 e. The van der Waals surface area contributed by atoms with Crippen molar-refractivity contribution in [3.63, 3.8) is 0 Å². The highest BCUT2D eigenvalue weighted by Gasteiger charge is 2.40. The normalized spacial score (nSPS) is 26.2. The number of carbonyl (C=O) groups excluding carboxylic acids is 3. The van der Waals surface area contributed by atoms with Gasteiger partial charge in [0.15, 0.2) is 6.61 Å². The van der Waals surface area contributed by atoms with Crippen molar-refractivity contribution < 1.29 is 19.1 Å². The second kappa shape index (κ2) is 6.97. The molecule has 7 nitrogen and oxygen atoms in total. The molecule has 0 saturated heterocycles. The minimum absolute atomic E-state index is 0.0963. The number of ether oxygens (including phenoxy) is 1. The highest BCUT2D eigenvalue weighted by molar-refractivity contribution is 6.02. The number of hydrogen-bond donors (Lipinski definition) is 2. The molecule has 0 aromatic heterocycles. The van der Waals surface area contributed by atoms with Crippen molar-refractivity contribution in [3.05, 3.63) is 24.3 Å². The molecule has 2 fully saturated rings. The van der Waals surface area contributed by atoms with E-state index in [-0.39, 0.29) is 25.0 Å². The summed E-state index contributed by atoms with van der Waals surface area (Å²) in [6.45, 7) is -0.255. The molecule has 3 amide bonds. The molecule has 0 radical (unpaired) electrons. The van der Waals surface area contributed by atoms with Crippen LogP contribution in [0.4, 0.5) is 5.69 Å². The van der Waals surface area contributed by atoms with Gasteiger partial charge in [-0.2, -0.15) is 0 Å². The van der Waals surface area contributed by atoms with Gasteiger partial charge in [-0.3, -0.25) is 30.1 Å². The van der Waals surface area contributed by atoms with E-state index >= 15 is 0 Å². The summed E-state index contributed by atoms with van der Waals surface area (Å²) >= 11 is 0. The van der Waals surface area contributed by atoms with Gasteiger partial charge in [0.05, 0.1) is 5.69 Å². The third kappa shape index (κ3) is 3.38. The van der Waals surface area contributed by atoms with E-state index in [4.69, 9.17) is 4.74 Å². The van der Waals surface area contributed by atoms with Gasteiger partial charge >= 0.3 is 0 Å². The lowest BCUT2D eigenvalue weighted by Crippen LogP contribution is -2.50. The van der Waals surface area contributed by atoms with Gasteiger partial charge in [0, 0.05) is 6.42 Å². The maximum Gasteiger partial charge on any atom is 0.265 e. The highest BCUT2D eigenvalue weighted by Crippen LogP contribution is 2.49. The van der Waals surface area contributed by atoms with Crippen molar-refractivity contribution >= 4 is 23.4 Å². The van der Waals surface area contributed by atoms with Crippen LogP contribution in [-0.4, -0.2) is 30.9 Å². The number of nitrogens with zero attached hydrogens (tertiary/aromatic N) is 1. The third-order valence-corrected chi connectivity index (χ3v) is 5.78. The van der Waals surface area contributed by atoms with E-state index in [0.29, 0.717) is 29.7 Å². The number of anilines is 1. The summed E-state index contributed by atoms with van der Waals surface area (Å²) < 4.78 is 5.35. The second-order valence-corrected chi connectivity index (χ2v) is 7.47. The van der Waals surface area contributed by atoms with Crippen LogP contribution in [0.1, 0.15) is 32.1 Å². The molecule has 1 aromatic rings. The Morgan fingerprint density at radius 1 is 1.12 bits per heavy atom. The fourth-order valence-electron chi connectivity index (χ4n) is 4.57. The number of para-hydroxylation sites is 2. The number of carbonyl (C=O) groups is 3. The van der Waals surface area contributed by atoms with Gasteiger partial charge in [-0.05, 0) is 49.1 Å². The fourth-order valence-corrected chi connectivity index (χ4v) is 4.57. The summed E-state index contributed by atoms with van der Waals surface area (Å²) in [6.07, 6.45) is 5.37. The maximum absolute atomic E-state index is 12.2. The van der Waals surface area contributed by atoms with Crippen molar-refractivity contribution in [2.24, 2.45) is 17.8 Å². The zero-order valence-corrected chi connectivity index (χ0v) is 14.6. The SMILES string of the molecule is O=C(C[C@H]1C[C@H]2CC[C@@H]1C2)NNC(=O)CN1C(=O)COc2ccccc21.